The van der Waals surface area contributed by atoms with Crippen LogP contribution < -0.4 is 4.74 Å². The van der Waals surface area contributed by atoms with Gasteiger partial charge < -0.3 is 9.84 Å². The molecule has 1 N–H and O–H groups in total. The normalized spacial score (nSPS) is 17.3. The van der Waals surface area contributed by atoms with Crippen LogP contribution >= 0.6 is 0 Å². The smallest absolute Gasteiger partial charge is 0.344 e. The predicted octanol–water partition coefficient (Wildman–Crippen LogP) is 2.95. The highest BCUT2D eigenvalue weighted by Gasteiger charge is 2.25. The van der Waals surface area contributed by atoms with E-state index in [0.29, 0.717) is 11.7 Å². The fourth-order valence-corrected chi connectivity index (χ4v) is 1.91. The van der Waals surface area contributed by atoms with Gasteiger partial charge in [-0.25, -0.2) is 9.18 Å². The minimum absolute atomic E-state index is 0.303. The van der Waals surface area contributed by atoms with E-state index in [-0.39, 0.29) is 5.82 Å². The number of carboxylic acids is 1. The Balaban J connectivity index is 2.22. The monoisotopic (exact) mass is 238 g/mol. The molecule has 1 aliphatic carbocycles. The topological polar surface area (TPSA) is 46.5 Å². The molecule has 0 spiro atoms. The van der Waals surface area contributed by atoms with Gasteiger partial charge in [0.05, 0.1) is 0 Å². The minimum Gasteiger partial charge on any atom is -0.479 e. The number of rotatable bonds is 4. The highest BCUT2D eigenvalue weighted by atomic mass is 19.1. The minimum atomic E-state index is -1.02. The van der Waals surface area contributed by atoms with Crippen LogP contribution in [0.15, 0.2) is 18.2 Å². The lowest BCUT2D eigenvalue weighted by Crippen LogP contribution is -2.24. The number of aliphatic carboxylic acids is 1. The first-order chi connectivity index (χ1) is 8.08. The predicted molar refractivity (Wildman–Crippen MR) is 60.7 cm³/mol. The summed E-state index contributed by atoms with van der Waals surface area (Å²) in [6.45, 7) is 1.47. The van der Waals surface area contributed by atoms with E-state index in [1.165, 1.54) is 25.1 Å². The van der Waals surface area contributed by atoms with Crippen molar-refractivity contribution >= 4 is 5.97 Å². The van der Waals surface area contributed by atoms with E-state index in [1.807, 2.05) is 0 Å². The second-order valence-corrected chi connectivity index (χ2v) is 4.41. The van der Waals surface area contributed by atoms with Gasteiger partial charge in [-0.3, -0.25) is 0 Å². The van der Waals surface area contributed by atoms with Crippen molar-refractivity contribution in [2.75, 3.05) is 0 Å². The van der Waals surface area contributed by atoms with Crippen LogP contribution in [0.4, 0.5) is 4.39 Å². The fraction of sp³-hybridized carbons (Fsp3) is 0.462. The zero-order valence-electron chi connectivity index (χ0n) is 9.65. The van der Waals surface area contributed by atoms with Crippen molar-refractivity contribution in [1.29, 1.82) is 0 Å². The van der Waals surface area contributed by atoms with Crippen LogP contribution in [0.25, 0.3) is 0 Å². The van der Waals surface area contributed by atoms with E-state index in [1.54, 1.807) is 0 Å². The van der Waals surface area contributed by atoms with Crippen LogP contribution in [0.2, 0.25) is 0 Å². The van der Waals surface area contributed by atoms with Gasteiger partial charge in [0.15, 0.2) is 6.10 Å². The van der Waals surface area contributed by atoms with Gasteiger partial charge in [0.2, 0.25) is 0 Å². The molecule has 1 atom stereocenters. The third kappa shape index (κ3) is 2.57. The van der Waals surface area contributed by atoms with Crippen molar-refractivity contribution in [3.63, 3.8) is 0 Å². The Bertz CT molecular complexity index is 427. The summed E-state index contributed by atoms with van der Waals surface area (Å²) in [6, 6.07) is 4.27. The molecule has 0 aromatic heterocycles. The lowest BCUT2D eigenvalue weighted by Gasteiger charge is -2.28. The molecule has 1 aromatic carbocycles. The number of hydrogen-bond donors (Lipinski definition) is 1. The first-order valence-corrected chi connectivity index (χ1v) is 5.77. The third-order valence-corrected chi connectivity index (χ3v) is 3.17. The molecular formula is C13H15FO3. The quantitative estimate of drug-likeness (QED) is 0.877. The summed E-state index contributed by atoms with van der Waals surface area (Å²) >= 11 is 0. The lowest BCUT2D eigenvalue weighted by atomic mass is 9.79. The first-order valence-electron chi connectivity index (χ1n) is 5.77. The third-order valence-electron chi connectivity index (χ3n) is 3.17. The molecular weight excluding hydrogens is 223 g/mol. The van der Waals surface area contributed by atoms with E-state index in [4.69, 9.17) is 9.84 Å². The van der Waals surface area contributed by atoms with Crippen LogP contribution in [0.5, 0.6) is 5.75 Å². The van der Waals surface area contributed by atoms with E-state index in [9.17, 15) is 9.18 Å². The summed E-state index contributed by atoms with van der Waals surface area (Å²) in [5.74, 6) is -0.524. The van der Waals surface area contributed by atoms with E-state index in [0.717, 1.165) is 24.8 Å². The van der Waals surface area contributed by atoms with Crippen molar-refractivity contribution in [2.24, 2.45) is 0 Å². The van der Waals surface area contributed by atoms with Crippen LogP contribution in [0, 0.1) is 5.82 Å². The van der Waals surface area contributed by atoms with Gasteiger partial charge >= 0.3 is 5.97 Å². The molecule has 1 fully saturated rings. The zero-order valence-corrected chi connectivity index (χ0v) is 9.65. The highest BCUT2D eigenvalue weighted by molar-refractivity contribution is 5.72. The van der Waals surface area contributed by atoms with Crippen molar-refractivity contribution < 1.29 is 19.0 Å². The van der Waals surface area contributed by atoms with E-state index >= 15 is 0 Å². The van der Waals surface area contributed by atoms with Gasteiger partial charge in [0.1, 0.15) is 11.6 Å². The molecule has 1 aliphatic rings. The maximum absolute atomic E-state index is 13.2. The fourth-order valence-electron chi connectivity index (χ4n) is 1.91. The maximum Gasteiger partial charge on any atom is 0.344 e. The van der Waals surface area contributed by atoms with Crippen molar-refractivity contribution in [3.05, 3.63) is 29.6 Å². The average molecular weight is 238 g/mol. The number of carbonyl (C=O) groups is 1. The molecule has 0 bridgehead atoms. The average Bonchev–Trinajstić information content (AvgIpc) is 2.19. The summed E-state index contributed by atoms with van der Waals surface area (Å²) in [6.07, 6.45) is 2.25. The van der Waals surface area contributed by atoms with Crippen molar-refractivity contribution in [2.45, 2.75) is 38.2 Å². The second-order valence-electron chi connectivity index (χ2n) is 4.41. The first kappa shape index (κ1) is 11.9. The van der Waals surface area contributed by atoms with Crippen molar-refractivity contribution in [3.8, 4) is 5.75 Å². The molecule has 1 saturated carbocycles. The Hall–Kier alpha value is -1.58. The van der Waals surface area contributed by atoms with E-state index < -0.39 is 12.1 Å². The molecule has 0 heterocycles. The molecule has 0 radical (unpaired) electrons. The maximum atomic E-state index is 13.2. The molecule has 0 aliphatic heterocycles. The van der Waals surface area contributed by atoms with E-state index in [2.05, 4.69) is 0 Å². The number of benzene rings is 1. The molecule has 1 aromatic rings. The molecule has 2 rings (SSSR count). The number of carboxylic acid groups (broad SMARTS) is 1. The Labute approximate surface area is 99.2 Å². The molecule has 17 heavy (non-hydrogen) atoms. The highest BCUT2D eigenvalue weighted by Crippen LogP contribution is 2.41. The standard InChI is InChI=1S/C13H15FO3/c1-8(13(15)16)17-12-6-5-10(14)7-11(12)9-3-2-4-9/h5-9H,2-4H2,1H3,(H,15,16). The molecule has 4 heteroatoms. The van der Waals surface area contributed by atoms with Crippen molar-refractivity contribution in [1.82, 2.24) is 0 Å². The van der Waals surface area contributed by atoms with Crippen LogP contribution in [-0.2, 0) is 4.79 Å². The number of halogens is 1. The SMILES string of the molecule is CC(Oc1ccc(F)cc1C1CCC1)C(=O)O. The number of hydrogen-bond acceptors (Lipinski definition) is 2. The largest absolute Gasteiger partial charge is 0.479 e. The Kier molecular flexibility index (Phi) is 3.31. The zero-order chi connectivity index (χ0) is 12.4. The summed E-state index contributed by atoms with van der Waals surface area (Å²) in [7, 11) is 0. The summed E-state index contributed by atoms with van der Waals surface area (Å²) < 4.78 is 18.5. The van der Waals surface area contributed by atoms with Gasteiger partial charge in [-0.2, -0.15) is 0 Å². The Morgan fingerprint density at radius 1 is 1.53 bits per heavy atom. The summed E-state index contributed by atoms with van der Waals surface area (Å²) in [5, 5.41) is 8.80. The summed E-state index contributed by atoms with van der Waals surface area (Å²) in [5.41, 5.74) is 0.796. The molecule has 0 saturated heterocycles. The Morgan fingerprint density at radius 2 is 2.24 bits per heavy atom. The van der Waals surface area contributed by atoms with Crippen LogP contribution in [-0.4, -0.2) is 17.2 Å². The van der Waals surface area contributed by atoms with Gasteiger partial charge in [-0.05, 0) is 43.9 Å². The van der Waals surface area contributed by atoms with Gasteiger partial charge in [0.25, 0.3) is 0 Å². The molecule has 0 amide bonds. The van der Waals surface area contributed by atoms with Crippen LogP contribution in [0.3, 0.4) is 0 Å². The van der Waals surface area contributed by atoms with Gasteiger partial charge in [0, 0.05) is 5.56 Å². The number of ether oxygens (including phenoxy) is 1. The van der Waals surface area contributed by atoms with Gasteiger partial charge in [-0.15, -0.1) is 0 Å². The lowest BCUT2D eigenvalue weighted by molar-refractivity contribution is -0.144. The molecule has 1 unspecified atom stereocenters. The second kappa shape index (κ2) is 4.73. The molecule has 92 valence electrons. The molecule has 3 nitrogen and oxygen atoms in total. The summed E-state index contributed by atoms with van der Waals surface area (Å²) in [4.78, 5) is 10.7. The Morgan fingerprint density at radius 3 is 2.76 bits per heavy atom. The van der Waals surface area contributed by atoms with Crippen LogP contribution in [0.1, 0.15) is 37.7 Å². The van der Waals surface area contributed by atoms with Gasteiger partial charge in [-0.1, -0.05) is 6.42 Å².